The number of nitrogens with zero attached hydrogens (tertiary/aromatic N) is 3. The summed E-state index contributed by atoms with van der Waals surface area (Å²) in [6.45, 7) is 7.15. The van der Waals surface area contributed by atoms with Gasteiger partial charge in [0.05, 0.1) is 11.2 Å². The second kappa shape index (κ2) is 10.3. The molecule has 0 fully saturated rings. The first-order chi connectivity index (χ1) is 20.7. The first kappa shape index (κ1) is 27.2. The number of aromatic nitrogens is 3. The number of benzene rings is 6. The number of hydrogen-bond donors (Lipinski definition) is 1. The molecule has 7 aromatic rings. The molecule has 0 unspecified atom stereocenters. The predicted molar refractivity (Wildman–Crippen MR) is 178 cm³/mol. The highest BCUT2D eigenvalue weighted by atomic mass is 16.5. The van der Waals surface area contributed by atoms with Crippen LogP contribution in [0.25, 0.3) is 65.9 Å². The second-order valence-corrected chi connectivity index (χ2v) is 12.0. The van der Waals surface area contributed by atoms with Crippen LogP contribution >= 0.6 is 0 Å². The second-order valence-electron chi connectivity index (χ2n) is 12.0. The topological polar surface area (TPSA) is 68.1 Å². The summed E-state index contributed by atoms with van der Waals surface area (Å²) in [4.78, 5) is 15.0. The van der Waals surface area contributed by atoms with Crippen molar-refractivity contribution in [2.45, 2.75) is 38.9 Å². The molecule has 43 heavy (non-hydrogen) atoms. The molecule has 1 aromatic heterocycles. The first-order valence-electron chi connectivity index (χ1n) is 14.5. The maximum atomic E-state index is 10.7. The quantitative estimate of drug-likeness (QED) is 0.167. The van der Waals surface area contributed by atoms with E-state index in [0.717, 1.165) is 43.4 Å². The van der Waals surface area contributed by atoms with Crippen molar-refractivity contribution in [3.63, 3.8) is 0 Å². The summed E-state index contributed by atoms with van der Waals surface area (Å²) in [6, 6.07) is 37.8. The molecule has 0 spiro atoms. The van der Waals surface area contributed by atoms with Crippen molar-refractivity contribution in [1.82, 2.24) is 15.0 Å². The molecular formula is C37H31BN3O2. The Balaban J connectivity index is 1.49. The van der Waals surface area contributed by atoms with Gasteiger partial charge in [-0.15, -0.1) is 0 Å². The van der Waals surface area contributed by atoms with Gasteiger partial charge in [0.2, 0.25) is 0 Å². The van der Waals surface area contributed by atoms with Crippen LogP contribution in [-0.2, 0) is 4.65 Å². The fourth-order valence-corrected chi connectivity index (χ4v) is 5.51. The number of rotatable bonds is 6. The van der Waals surface area contributed by atoms with Crippen LogP contribution in [0.5, 0.6) is 0 Å². The lowest BCUT2D eigenvalue weighted by atomic mass is 9.86. The molecule has 7 rings (SSSR count). The molecule has 5 nitrogen and oxygen atoms in total. The summed E-state index contributed by atoms with van der Waals surface area (Å²) in [5.74, 6) is 1.11. The lowest BCUT2D eigenvalue weighted by Gasteiger charge is -2.37. The minimum atomic E-state index is -1.09. The zero-order valence-electron chi connectivity index (χ0n) is 24.7. The summed E-state index contributed by atoms with van der Waals surface area (Å²) in [5, 5.41) is 19.7. The zero-order chi connectivity index (χ0) is 29.8. The van der Waals surface area contributed by atoms with Crippen LogP contribution in [0.4, 0.5) is 0 Å². The smallest absolute Gasteiger partial charge is 0.379 e. The Morgan fingerprint density at radius 3 is 1.37 bits per heavy atom. The van der Waals surface area contributed by atoms with Crippen molar-refractivity contribution >= 4 is 56.3 Å². The van der Waals surface area contributed by atoms with E-state index in [1.165, 1.54) is 10.8 Å². The summed E-state index contributed by atoms with van der Waals surface area (Å²) in [7, 11) is 1.54. The lowest BCUT2D eigenvalue weighted by molar-refractivity contribution is -0.0894. The molecule has 1 N–H and O–H groups in total. The average Bonchev–Trinajstić information content (AvgIpc) is 3.02. The molecule has 1 heterocycles. The van der Waals surface area contributed by atoms with E-state index in [-0.39, 0.29) is 0 Å². The molecule has 0 aliphatic carbocycles. The molecule has 1 radical (unpaired) electrons. The molecule has 0 aliphatic heterocycles. The van der Waals surface area contributed by atoms with Crippen molar-refractivity contribution in [2.75, 3.05) is 0 Å². The SMILES string of the molecule is CC(C)(O)C(C)(C)O[B]c1nc(-c2cc3ccccc3c3ccccc23)nc(-c2cc3ccccc3c3ccccc23)n1. The highest BCUT2D eigenvalue weighted by Gasteiger charge is 2.36. The predicted octanol–water partition coefficient (Wildman–Crippen LogP) is 7.63. The van der Waals surface area contributed by atoms with Gasteiger partial charge in [-0.1, -0.05) is 97.1 Å². The molecule has 0 saturated heterocycles. The largest absolute Gasteiger partial charge is 0.424 e. The molecule has 6 aromatic carbocycles. The first-order valence-corrected chi connectivity index (χ1v) is 14.5. The fourth-order valence-electron chi connectivity index (χ4n) is 5.51. The van der Waals surface area contributed by atoms with Crippen LogP contribution < -0.4 is 5.72 Å². The summed E-state index contributed by atoms with van der Waals surface area (Å²) >= 11 is 0. The molecule has 0 atom stereocenters. The Morgan fingerprint density at radius 1 is 0.535 bits per heavy atom. The highest BCUT2D eigenvalue weighted by Crippen LogP contribution is 2.36. The summed E-state index contributed by atoms with van der Waals surface area (Å²) < 4.78 is 6.15. The van der Waals surface area contributed by atoms with Crippen molar-refractivity contribution in [3.8, 4) is 22.8 Å². The van der Waals surface area contributed by atoms with Crippen LogP contribution in [0, 0.1) is 0 Å². The van der Waals surface area contributed by atoms with Gasteiger partial charge in [-0.2, -0.15) is 0 Å². The highest BCUT2D eigenvalue weighted by molar-refractivity contribution is 6.44. The minimum Gasteiger partial charge on any atom is -0.424 e. The van der Waals surface area contributed by atoms with E-state index in [0.29, 0.717) is 17.4 Å². The molecular weight excluding hydrogens is 529 g/mol. The summed E-state index contributed by atoms with van der Waals surface area (Å²) in [5.41, 5.74) is 0.238. The van der Waals surface area contributed by atoms with Crippen LogP contribution in [0.1, 0.15) is 27.7 Å². The van der Waals surface area contributed by atoms with Gasteiger partial charge in [-0.25, -0.2) is 15.0 Å². The van der Waals surface area contributed by atoms with Crippen LogP contribution in [0.3, 0.4) is 0 Å². The van der Waals surface area contributed by atoms with E-state index in [9.17, 15) is 5.11 Å². The van der Waals surface area contributed by atoms with E-state index >= 15 is 0 Å². The lowest BCUT2D eigenvalue weighted by Crippen LogP contribution is -2.49. The van der Waals surface area contributed by atoms with Crippen molar-refractivity contribution < 1.29 is 9.76 Å². The van der Waals surface area contributed by atoms with Crippen molar-refractivity contribution in [1.29, 1.82) is 0 Å². The van der Waals surface area contributed by atoms with E-state index in [1.54, 1.807) is 21.3 Å². The van der Waals surface area contributed by atoms with Gasteiger partial charge in [0.15, 0.2) is 11.6 Å². The third-order valence-corrected chi connectivity index (χ3v) is 8.60. The molecule has 6 heteroatoms. The van der Waals surface area contributed by atoms with Gasteiger partial charge >= 0.3 is 7.48 Å². The van der Waals surface area contributed by atoms with E-state index in [1.807, 2.05) is 38.1 Å². The standard InChI is InChI=1S/C37H31BN3O2/c1-36(2,42)37(3,4)43-38-35-40-33(31-21-23-13-5-7-15-25(23)27-17-9-11-19-29(27)31)39-34(41-35)32-22-24-14-6-8-16-26(24)28-18-10-12-20-30(28)32/h5-22,42H,1-4H3. The molecule has 209 valence electrons. The minimum absolute atomic E-state index is 0.381. The van der Waals surface area contributed by atoms with Crippen LogP contribution in [0.15, 0.2) is 109 Å². The van der Waals surface area contributed by atoms with Crippen LogP contribution in [-0.4, -0.2) is 38.7 Å². The van der Waals surface area contributed by atoms with Gasteiger partial charge in [0.25, 0.3) is 0 Å². The number of hydrogen-bond acceptors (Lipinski definition) is 5. The summed E-state index contributed by atoms with van der Waals surface area (Å²) in [6.07, 6.45) is 0. The average molecular weight is 560 g/mol. The fraction of sp³-hybridized carbons (Fsp3) is 0.162. The maximum absolute atomic E-state index is 10.7. The number of aliphatic hydroxyl groups is 1. The van der Waals surface area contributed by atoms with Gasteiger partial charge < -0.3 is 9.76 Å². The Hall–Kier alpha value is -4.65. The van der Waals surface area contributed by atoms with Crippen molar-refractivity contribution in [2.24, 2.45) is 0 Å². The molecule has 0 aliphatic rings. The Bertz CT molecular complexity index is 2030. The van der Waals surface area contributed by atoms with Gasteiger partial charge in [-0.05, 0) is 82.9 Å². The molecule has 0 saturated carbocycles. The van der Waals surface area contributed by atoms with Crippen molar-refractivity contribution in [3.05, 3.63) is 109 Å². The maximum Gasteiger partial charge on any atom is 0.379 e. The normalized spacial score (nSPS) is 12.4. The number of fused-ring (bicyclic) bond motifs is 6. The van der Waals surface area contributed by atoms with Crippen LogP contribution in [0.2, 0.25) is 0 Å². The van der Waals surface area contributed by atoms with Gasteiger partial charge in [-0.3, -0.25) is 0 Å². The Kier molecular flexibility index (Phi) is 6.49. The van der Waals surface area contributed by atoms with E-state index in [4.69, 9.17) is 19.6 Å². The molecule has 0 amide bonds. The Morgan fingerprint density at radius 2 is 0.930 bits per heavy atom. The van der Waals surface area contributed by atoms with E-state index < -0.39 is 11.2 Å². The molecule has 0 bridgehead atoms. The monoisotopic (exact) mass is 560 g/mol. The van der Waals surface area contributed by atoms with E-state index in [2.05, 4.69) is 84.9 Å². The van der Waals surface area contributed by atoms with Gasteiger partial charge in [0, 0.05) is 11.1 Å². The zero-order valence-corrected chi connectivity index (χ0v) is 24.7. The Labute approximate surface area is 251 Å². The van der Waals surface area contributed by atoms with Gasteiger partial charge in [0.1, 0.15) is 5.72 Å². The third kappa shape index (κ3) is 4.83. The third-order valence-electron chi connectivity index (χ3n) is 8.60.